The van der Waals surface area contributed by atoms with Crippen molar-refractivity contribution < 1.29 is 0 Å². The molecule has 0 aliphatic carbocycles. The van der Waals surface area contributed by atoms with Crippen molar-refractivity contribution in [1.82, 2.24) is 0 Å². The van der Waals surface area contributed by atoms with Crippen LogP contribution in [0.5, 0.6) is 0 Å². The minimum absolute atomic E-state index is 0.310. The number of hydrogen-bond acceptors (Lipinski definition) is 0. The molecule has 0 fully saturated rings. The van der Waals surface area contributed by atoms with Gasteiger partial charge in [0.05, 0.1) is 0 Å². The number of alkyl halides is 1. The minimum atomic E-state index is 0.310. The Labute approximate surface area is 119 Å². The molecule has 2 rings (SSSR count). The SMILES string of the molecule is CC(C)C(C)(CBr)Cc1cccc2ccccc12. The van der Waals surface area contributed by atoms with E-state index in [0.717, 1.165) is 11.8 Å². The Morgan fingerprint density at radius 3 is 2.39 bits per heavy atom. The molecule has 0 aliphatic heterocycles. The average Bonchev–Trinajstić information content (AvgIpc) is 2.39. The highest BCUT2D eigenvalue weighted by atomic mass is 79.9. The molecule has 0 saturated heterocycles. The third kappa shape index (κ3) is 2.61. The second-order valence-corrected chi connectivity index (χ2v) is 6.32. The van der Waals surface area contributed by atoms with Crippen LogP contribution in [0.1, 0.15) is 26.3 Å². The summed E-state index contributed by atoms with van der Waals surface area (Å²) in [5, 5.41) is 3.78. The summed E-state index contributed by atoms with van der Waals surface area (Å²) in [4.78, 5) is 0. The first-order valence-electron chi connectivity index (χ1n) is 6.59. The summed E-state index contributed by atoms with van der Waals surface area (Å²) in [6, 6.07) is 15.3. The van der Waals surface area contributed by atoms with Crippen LogP contribution in [0.4, 0.5) is 0 Å². The van der Waals surface area contributed by atoms with E-state index in [0.29, 0.717) is 11.3 Å². The predicted octanol–water partition coefficient (Wildman–Crippen LogP) is 5.44. The Hall–Kier alpha value is -0.820. The molecule has 96 valence electrons. The van der Waals surface area contributed by atoms with Crippen molar-refractivity contribution in [3.63, 3.8) is 0 Å². The van der Waals surface area contributed by atoms with Crippen LogP contribution in [-0.2, 0) is 6.42 Å². The quantitative estimate of drug-likeness (QED) is 0.660. The second-order valence-electron chi connectivity index (χ2n) is 5.76. The number of hydrogen-bond donors (Lipinski definition) is 0. The summed E-state index contributed by atoms with van der Waals surface area (Å²) in [6.07, 6.45) is 1.12. The molecule has 0 radical (unpaired) electrons. The zero-order valence-electron chi connectivity index (χ0n) is 11.4. The molecule has 0 saturated carbocycles. The molecule has 0 heterocycles. The standard InChI is InChI=1S/C17H21Br/c1-13(2)17(3,12-18)11-15-9-6-8-14-7-4-5-10-16(14)15/h4-10,13H,11-12H2,1-3H3. The third-order valence-corrected chi connectivity index (χ3v) is 5.45. The highest BCUT2D eigenvalue weighted by molar-refractivity contribution is 9.09. The van der Waals surface area contributed by atoms with Crippen LogP contribution >= 0.6 is 15.9 Å². The fourth-order valence-electron chi connectivity index (χ4n) is 2.29. The number of halogens is 1. The molecule has 0 aliphatic rings. The first-order chi connectivity index (χ1) is 8.57. The van der Waals surface area contributed by atoms with Gasteiger partial charge in [-0.3, -0.25) is 0 Å². The Kier molecular flexibility index (Phi) is 4.11. The van der Waals surface area contributed by atoms with E-state index in [4.69, 9.17) is 0 Å². The van der Waals surface area contributed by atoms with Gasteiger partial charge in [-0.2, -0.15) is 0 Å². The molecule has 0 amide bonds. The summed E-state index contributed by atoms with van der Waals surface area (Å²) in [5.74, 6) is 0.663. The first kappa shape index (κ1) is 13.6. The van der Waals surface area contributed by atoms with Crippen molar-refractivity contribution in [3.8, 4) is 0 Å². The molecule has 1 atom stereocenters. The van der Waals surface area contributed by atoms with Crippen molar-refractivity contribution in [2.45, 2.75) is 27.2 Å². The fourth-order valence-corrected chi connectivity index (χ4v) is 3.13. The zero-order valence-corrected chi connectivity index (χ0v) is 13.0. The van der Waals surface area contributed by atoms with Gasteiger partial charge in [-0.25, -0.2) is 0 Å². The molecule has 0 aromatic heterocycles. The number of benzene rings is 2. The Bertz CT molecular complexity index is 525. The van der Waals surface area contributed by atoms with Gasteiger partial charge >= 0.3 is 0 Å². The van der Waals surface area contributed by atoms with E-state index in [1.54, 1.807) is 0 Å². The van der Waals surface area contributed by atoms with Gasteiger partial charge in [0.15, 0.2) is 0 Å². The molecule has 18 heavy (non-hydrogen) atoms. The highest BCUT2D eigenvalue weighted by Crippen LogP contribution is 2.35. The Balaban J connectivity index is 2.43. The smallest absolute Gasteiger partial charge is 0.00909 e. The largest absolute Gasteiger partial charge is 0.0922 e. The maximum atomic E-state index is 3.69. The lowest BCUT2D eigenvalue weighted by Crippen LogP contribution is -2.28. The molecule has 1 unspecified atom stereocenters. The van der Waals surface area contributed by atoms with Gasteiger partial charge in [-0.1, -0.05) is 79.2 Å². The third-order valence-electron chi connectivity index (χ3n) is 4.17. The summed E-state index contributed by atoms with van der Waals surface area (Å²) in [5.41, 5.74) is 1.77. The second kappa shape index (κ2) is 5.44. The van der Waals surface area contributed by atoms with Gasteiger partial charge in [-0.05, 0) is 34.1 Å². The van der Waals surface area contributed by atoms with Crippen LogP contribution in [0.25, 0.3) is 10.8 Å². The predicted molar refractivity (Wildman–Crippen MR) is 84.4 cm³/mol. The maximum Gasteiger partial charge on any atom is 0.00909 e. The lowest BCUT2D eigenvalue weighted by Gasteiger charge is -2.32. The maximum absolute atomic E-state index is 3.69. The molecule has 2 aromatic rings. The minimum Gasteiger partial charge on any atom is -0.0922 e. The molecular weight excluding hydrogens is 284 g/mol. The molecule has 0 bridgehead atoms. The van der Waals surface area contributed by atoms with Gasteiger partial charge in [0.1, 0.15) is 0 Å². The Morgan fingerprint density at radius 2 is 1.72 bits per heavy atom. The summed E-state index contributed by atoms with van der Waals surface area (Å²) in [7, 11) is 0. The van der Waals surface area contributed by atoms with Crippen LogP contribution in [0.15, 0.2) is 42.5 Å². The summed E-state index contributed by atoms with van der Waals surface area (Å²) in [6.45, 7) is 6.99. The average molecular weight is 305 g/mol. The monoisotopic (exact) mass is 304 g/mol. The molecular formula is C17H21Br. The lowest BCUT2D eigenvalue weighted by molar-refractivity contribution is 0.258. The van der Waals surface area contributed by atoms with E-state index in [9.17, 15) is 0 Å². The van der Waals surface area contributed by atoms with E-state index < -0.39 is 0 Å². The van der Waals surface area contributed by atoms with Crippen molar-refractivity contribution in [2.24, 2.45) is 11.3 Å². The molecule has 0 N–H and O–H groups in total. The molecule has 0 spiro atoms. The Morgan fingerprint density at radius 1 is 1.06 bits per heavy atom. The lowest BCUT2D eigenvalue weighted by atomic mass is 9.75. The van der Waals surface area contributed by atoms with Crippen molar-refractivity contribution >= 4 is 26.7 Å². The van der Waals surface area contributed by atoms with E-state index in [-0.39, 0.29) is 0 Å². The number of fused-ring (bicyclic) bond motifs is 1. The van der Waals surface area contributed by atoms with Gasteiger partial charge < -0.3 is 0 Å². The highest BCUT2D eigenvalue weighted by Gasteiger charge is 2.27. The van der Waals surface area contributed by atoms with Crippen molar-refractivity contribution in [2.75, 3.05) is 5.33 Å². The van der Waals surface area contributed by atoms with Gasteiger partial charge in [0.2, 0.25) is 0 Å². The van der Waals surface area contributed by atoms with E-state index in [1.807, 2.05) is 0 Å². The van der Waals surface area contributed by atoms with E-state index in [2.05, 4.69) is 79.2 Å². The van der Waals surface area contributed by atoms with Gasteiger partial charge in [0.25, 0.3) is 0 Å². The first-order valence-corrected chi connectivity index (χ1v) is 7.71. The zero-order chi connectivity index (χ0) is 13.2. The van der Waals surface area contributed by atoms with E-state index >= 15 is 0 Å². The van der Waals surface area contributed by atoms with Crippen LogP contribution in [-0.4, -0.2) is 5.33 Å². The normalized spacial score (nSPS) is 14.9. The summed E-state index contributed by atoms with van der Waals surface area (Å²) >= 11 is 3.69. The molecule has 1 heteroatoms. The summed E-state index contributed by atoms with van der Waals surface area (Å²) < 4.78 is 0. The van der Waals surface area contributed by atoms with Crippen LogP contribution in [0, 0.1) is 11.3 Å². The molecule has 0 nitrogen and oxygen atoms in total. The number of rotatable bonds is 4. The van der Waals surface area contributed by atoms with Gasteiger partial charge in [0, 0.05) is 5.33 Å². The van der Waals surface area contributed by atoms with Gasteiger partial charge in [-0.15, -0.1) is 0 Å². The van der Waals surface area contributed by atoms with Crippen LogP contribution in [0.3, 0.4) is 0 Å². The van der Waals surface area contributed by atoms with Crippen molar-refractivity contribution in [3.05, 3.63) is 48.0 Å². The van der Waals surface area contributed by atoms with Crippen LogP contribution in [0.2, 0.25) is 0 Å². The van der Waals surface area contributed by atoms with Crippen molar-refractivity contribution in [1.29, 1.82) is 0 Å². The van der Waals surface area contributed by atoms with E-state index in [1.165, 1.54) is 16.3 Å². The topological polar surface area (TPSA) is 0 Å². The fraction of sp³-hybridized carbons (Fsp3) is 0.412. The molecule has 2 aromatic carbocycles. The van der Waals surface area contributed by atoms with Crippen LogP contribution < -0.4 is 0 Å².